The van der Waals surface area contributed by atoms with Gasteiger partial charge in [-0.25, -0.2) is 0 Å². The smallest absolute Gasteiger partial charge is 0.251 e. The summed E-state index contributed by atoms with van der Waals surface area (Å²) in [5, 5.41) is 3.13. The maximum atomic E-state index is 12.4. The summed E-state index contributed by atoms with van der Waals surface area (Å²) in [5.41, 5.74) is 7.41. The molecule has 4 nitrogen and oxygen atoms in total. The lowest BCUT2D eigenvalue weighted by Gasteiger charge is -2.28. The van der Waals surface area contributed by atoms with E-state index in [9.17, 15) is 4.79 Å². The van der Waals surface area contributed by atoms with Crippen molar-refractivity contribution >= 4 is 5.91 Å². The van der Waals surface area contributed by atoms with Crippen molar-refractivity contribution in [2.45, 2.75) is 37.8 Å². The van der Waals surface area contributed by atoms with E-state index >= 15 is 0 Å². The number of nitrogens with one attached hydrogen (secondary N) is 1. The van der Waals surface area contributed by atoms with Crippen molar-refractivity contribution in [3.05, 3.63) is 65.7 Å². The number of hydrogen-bond acceptors (Lipinski definition) is 3. The molecule has 0 aliphatic heterocycles. The van der Waals surface area contributed by atoms with E-state index in [-0.39, 0.29) is 11.4 Å². The third-order valence-electron chi connectivity index (χ3n) is 4.69. The molecule has 0 heterocycles. The summed E-state index contributed by atoms with van der Waals surface area (Å²) in [6.45, 7) is 1.01. The van der Waals surface area contributed by atoms with Gasteiger partial charge in [0.1, 0.15) is 12.4 Å². The molecule has 0 radical (unpaired) electrons. The summed E-state index contributed by atoms with van der Waals surface area (Å²) >= 11 is 0. The zero-order chi connectivity index (χ0) is 16.8. The summed E-state index contributed by atoms with van der Waals surface area (Å²) < 4.78 is 5.75. The lowest BCUT2D eigenvalue weighted by molar-refractivity contribution is 0.0903. The monoisotopic (exact) mass is 324 g/mol. The molecule has 0 bridgehead atoms. The summed E-state index contributed by atoms with van der Waals surface area (Å²) in [6.07, 6.45) is 4.19. The Morgan fingerprint density at radius 2 is 1.71 bits per heavy atom. The SMILES string of the molecule is NCC1(NC(=O)c2ccc(OCc3ccccc3)cc2)CCCC1. The minimum absolute atomic E-state index is 0.0584. The number of benzene rings is 2. The topological polar surface area (TPSA) is 64.3 Å². The number of ether oxygens (including phenoxy) is 1. The molecule has 2 aromatic carbocycles. The Hall–Kier alpha value is -2.33. The number of carbonyl (C=O) groups excluding carboxylic acids is 1. The van der Waals surface area contributed by atoms with Crippen LogP contribution in [0.4, 0.5) is 0 Å². The van der Waals surface area contributed by atoms with Gasteiger partial charge >= 0.3 is 0 Å². The second kappa shape index (κ2) is 7.49. The largest absolute Gasteiger partial charge is 0.489 e. The zero-order valence-electron chi connectivity index (χ0n) is 13.8. The van der Waals surface area contributed by atoms with E-state index in [0.717, 1.165) is 37.0 Å². The molecule has 0 saturated heterocycles. The minimum atomic E-state index is -0.223. The molecule has 1 saturated carbocycles. The van der Waals surface area contributed by atoms with Crippen LogP contribution in [0.2, 0.25) is 0 Å². The fraction of sp³-hybridized carbons (Fsp3) is 0.350. The summed E-state index contributed by atoms with van der Waals surface area (Å²) in [7, 11) is 0. The van der Waals surface area contributed by atoms with Crippen molar-refractivity contribution in [1.29, 1.82) is 0 Å². The fourth-order valence-corrected chi connectivity index (χ4v) is 3.19. The third-order valence-corrected chi connectivity index (χ3v) is 4.69. The summed E-state index contributed by atoms with van der Waals surface area (Å²) in [5.74, 6) is 0.696. The van der Waals surface area contributed by atoms with E-state index in [0.29, 0.717) is 18.7 Å². The van der Waals surface area contributed by atoms with E-state index in [1.165, 1.54) is 0 Å². The highest BCUT2D eigenvalue weighted by Gasteiger charge is 2.33. The van der Waals surface area contributed by atoms with Gasteiger partial charge in [0.05, 0.1) is 5.54 Å². The minimum Gasteiger partial charge on any atom is -0.489 e. The lowest BCUT2D eigenvalue weighted by Crippen LogP contribution is -2.51. The number of hydrogen-bond donors (Lipinski definition) is 2. The Morgan fingerprint density at radius 1 is 1.04 bits per heavy atom. The average molecular weight is 324 g/mol. The van der Waals surface area contributed by atoms with Gasteiger partial charge in [0.25, 0.3) is 5.91 Å². The highest BCUT2D eigenvalue weighted by Crippen LogP contribution is 2.29. The Bertz CT molecular complexity index is 662. The van der Waals surface area contributed by atoms with Crippen LogP contribution in [0.15, 0.2) is 54.6 Å². The van der Waals surface area contributed by atoms with Crippen LogP contribution in [0.25, 0.3) is 0 Å². The van der Waals surface area contributed by atoms with Gasteiger partial charge in [0.2, 0.25) is 0 Å². The average Bonchev–Trinajstić information content (AvgIpc) is 3.10. The summed E-state index contributed by atoms with van der Waals surface area (Å²) in [6, 6.07) is 17.3. The Morgan fingerprint density at radius 3 is 2.33 bits per heavy atom. The van der Waals surface area contributed by atoms with Crippen molar-refractivity contribution < 1.29 is 9.53 Å². The molecule has 2 aromatic rings. The number of amides is 1. The zero-order valence-corrected chi connectivity index (χ0v) is 13.8. The third kappa shape index (κ3) is 3.95. The van der Waals surface area contributed by atoms with Crippen molar-refractivity contribution in [2.75, 3.05) is 6.54 Å². The van der Waals surface area contributed by atoms with Crippen LogP contribution in [0.1, 0.15) is 41.6 Å². The van der Waals surface area contributed by atoms with Crippen molar-refractivity contribution in [2.24, 2.45) is 5.73 Å². The molecule has 126 valence electrons. The predicted octanol–water partition coefficient (Wildman–Crippen LogP) is 3.27. The van der Waals surface area contributed by atoms with E-state index in [4.69, 9.17) is 10.5 Å². The maximum absolute atomic E-state index is 12.4. The first kappa shape index (κ1) is 16.5. The van der Waals surface area contributed by atoms with Gasteiger partial charge in [-0.3, -0.25) is 4.79 Å². The lowest BCUT2D eigenvalue weighted by atomic mass is 9.97. The molecular formula is C20H24N2O2. The molecule has 0 spiro atoms. The van der Waals surface area contributed by atoms with Gasteiger partial charge in [-0.1, -0.05) is 43.2 Å². The van der Waals surface area contributed by atoms with Crippen molar-refractivity contribution in [3.8, 4) is 5.75 Å². The molecular weight excluding hydrogens is 300 g/mol. The normalized spacial score (nSPS) is 15.9. The Labute approximate surface area is 143 Å². The Kier molecular flexibility index (Phi) is 5.16. The fourth-order valence-electron chi connectivity index (χ4n) is 3.19. The number of carbonyl (C=O) groups is 1. The van der Waals surface area contributed by atoms with Gasteiger partial charge in [0, 0.05) is 12.1 Å². The molecule has 1 aliphatic carbocycles. The van der Waals surface area contributed by atoms with E-state index in [1.54, 1.807) is 12.1 Å². The quantitative estimate of drug-likeness (QED) is 0.857. The molecule has 4 heteroatoms. The van der Waals surface area contributed by atoms with Gasteiger partial charge in [-0.15, -0.1) is 0 Å². The Balaban J connectivity index is 1.58. The van der Waals surface area contributed by atoms with Crippen LogP contribution < -0.4 is 15.8 Å². The molecule has 24 heavy (non-hydrogen) atoms. The number of nitrogens with two attached hydrogens (primary N) is 1. The molecule has 1 aliphatic rings. The first-order chi connectivity index (χ1) is 11.7. The maximum Gasteiger partial charge on any atom is 0.251 e. The van der Waals surface area contributed by atoms with Crippen LogP contribution in [0.3, 0.4) is 0 Å². The first-order valence-electron chi connectivity index (χ1n) is 8.50. The second-order valence-electron chi connectivity index (χ2n) is 6.44. The van der Waals surface area contributed by atoms with E-state index in [2.05, 4.69) is 5.32 Å². The molecule has 1 amide bonds. The molecule has 3 N–H and O–H groups in total. The highest BCUT2D eigenvalue weighted by atomic mass is 16.5. The second-order valence-corrected chi connectivity index (χ2v) is 6.44. The first-order valence-corrected chi connectivity index (χ1v) is 8.50. The van der Waals surface area contributed by atoms with Gasteiger partial charge < -0.3 is 15.8 Å². The van der Waals surface area contributed by atoms with E-state index < -0.39 is 0 Å². The molecule has 1 fully saturated rings. The number of rotatable bonds is 6. The summed E-state index contributed by atoms with van der Waals surface area (Å²) in [4.78, 5) is 12.4. The highest BCUT2D eigenvalue weighted by molar-refractivity contribution is 5.94. The van der Waals surface area contributed by atoms with Crippen LogP contribution in [-0.4, -0.2) is 18.0 Å². The van der Waals surface area contributed by atoms with Crippen LogP contribution in [-0.2, 0) is 6.61 Å². The van der Waals surface area contributed by atoms with Gasteiger partial charge in [-0.2, -0.15) is 0 Å². The van der Waals surface area contributed by atoms with Gasteiger partial charge in [0.15, 0.2) is 0 Å². The molecule has 0 aromatic heterocycles. The predicted molar refractivity (Wildman–Crippen MR) is 94.9 cm³/mol. The molecule has 0 atom stereocenters. The van der Waals surface area contributed by atoms with Gasteiger partial charge in [-0.05, 0) is 42.7 Å². The van der Waals surface area contributed by atoms with Crippen molar-refractivity contribution in [1.82, 2.24) is 5.32 Å². The molecule has 3 rings (SSSR count). The molecule has 0 unspecified atom stereocenters. The van der Waals surface area contributed by atoms with Crippen LogP contribution in [0, 0.1) is 0 Å². The standard InChI is InChI=1S/C20H24N2O2/c21-15-20(12-4-5-13-20)22-19(23)17-8-10-18(11-9-17)24-14-16-6-2-1-3-7-16/h1-3,6-11H,4-5,12-15,21H2,(H,22,23). The van der Waals surface area contributed by atoms with Crippen molar-refractivity contribution in [3.63, 3.8) is 0 Å². The van der Waals surface area contributed by atoms with Crippen LogP contribution in [0.5, 0.6) is 5.75 Å². The van der Waals surface area contributed by atoms with E-state index in [1.807, 2.05) is 42.5 Å². The van der Waals surface area contributed by atoms with Crippen LogP contribution >= 0.6 is 0 Å².